The average molecular weight is 371 g/mol. The molecule has 0 saturated carbocycles. The molecule has 8 heteroatoms. The van der Waals surface area contributed by atoms with Crippen molar-refractivity contribution in [2.75, 3.05) is 45.7 Å². The van der Waals surface area contributed by atoms with E-state index in [4.69, 9.17) is 5.10 Å². The lowest BCUT2D eigenvalue weighted by Gasteiger charge is -2.38. The number of rotatable bonds is 4. The number of anilines is 1. The second-order valence-electron chi connectivity index (χ2n) is 8.04. The lowest BCUT2D eigenvalue weighted by atomic mass is 9.94. The van der Waals surface area contributed by atoms with Gasteiger partial charge in [0.15, 0.2) is 11.5 Å². The quantitative estimate of drug-likeness (QED) is 0.809. The highest BCUT2D eigenvalue weighted by Gasteiger charge is 2.30. The molecule has 4 rings (SSSR count). The van der Waals surface area contributed by atoms with Gasteiger partial charge in [-0.2, -0.15) is 4.52 Å². The molecule has 1 atom stereocenters. The number of carbonyl (C=O) groups excluding carboxylic acids is 1. The van der Waals surface area contributed by atoms with Crippen molar-refractivity contribution in [1.29, 1.82) is 0 Å². The van der Waals surface area contributed by atoms with Gasteiger partial charge in [-0.25, -0.2) is 0 Å². The molecule has 0 aromatic carbocycles. The summed E-state index contributed by atoms with van der Waals surface area (Å²) in [5.41, 5.74) is 0.806. The van der Waals surface area contributed by atoms with Gasteiger partial charge < -0.3 is 14.7 Å². The molecule has 0 spiro atoms. The number of piperidine rings is 2. The molecule has 1 amide bonds. The van der Waals surface area contributed by atoms with Crippen LogP contribution in [0, 0.1) is 0 Å². The smallest absolute Gasteiger partial charge is 0.222 e. The van der Waals surface area contributed by atoms with E-state index < -0.39 is 0 Å². The normalized spacial score (nSPS) is 22.6. The van der Waals surface area contributed by atoms with E-state index in [9.17, 15) is 4.79 Å². The Kier molecular flexibility index (Phi) is 4.99. The van der Waals surface area contributed by atoms with Crippen molar-refractivity contribution in [1.82, 2.24) is 29.6 Å². The summed E-state index contributed by atoms with van der Waals surface area (Å²) in [5.74, 6) is 2.55. The molecule has 0 bridgehead atoms. The first-order valence-electron chi connectivity index (χ1n) is 9.90. The number of carbonyl (C=O) groups is 1. The van der Waals surface area contributed by atoms with Crippen LogP contribution in [0.2, 0.25) is 0 Å². The highest BCUT2D eigenvalue weighted by Crippen LogP contribution is 2.28. The summed E-state index contributed by atoms with van der Waals surface area (Å²) in [7, 11) is 5.93. The van der Waals surface area contributed by atoms with E-state index in [0.717, 1.165) is 62.6 Å². The topological polar surface area (TPSA) is 69.9 Å². The summed E-state index contributed by atoms with van der Waals surface area (Å²) in [6.45, 7) is 3.05. The molecule has 146 valence electrons. The summed E-state index contributed by atoms with van der Waals surface area (Å²) in [6.07, 6.45) is 4.96. The van der Waals surface area contributed by atoms with Crippen LogP contribution in [-0.4, -0.2) is 82.3 Å². The summed E-state index contributed by atoms with van der Waals surface area (Å²) in [4.78, 5) is 18.4. The summed E-state index contributed by atoms with van der Waals surface area (Å²) in [6, 6.07) is 4.31. The van der Waals surface area contributed by atoms with Gasteiger partial charge >= 0.3 is 0 Å². The van der Waals surface area contributed by atoms with Gasteiger partial charge in [0.2, 0.25) is 5.91 Å². The van der Waals surface area contributed by atoms with E-state index in [0.29, 0.717) is 24.3 Å². The monoisotopic (exact) mass is 371 g/mol. The Hall–Kier alpha value is -2.22. The maximum Gasteiger partial charge on any atom is 0.222 e. The van der Waals surface area contributed by atoms with E-state index in [1.807, 2.05) is 47.6 Å². The van der Waals surface area contributed by atoms with Gasteiger partial charge in [0.05, 0.1) is 0 Å². The van der Waals surface area contributed by atoms with E-state index in [1.54, 1.807) is 0 Å². The third kappa shape index (κ3) is 3.63. The van der Waals surface area contributed by atoms with Crippen LogP contribution in [0.3, 0.4) is 0 Å². The van der Waals surface area contributed by atoms with E-state index in [2.05, 4.69) is 15.1 Å². The molecule has 0 aliphatic carbocycles. The predicted molar refractivity (Wildman–Crippen MR) is 104 cm³/mol. The van der Waals surface area contributed by atoms with Gasteiger partial charge in [0, 0.05) is 46.1 Å². The minimum atomic E-state index is 0.291. The minimum Gasteiger partial charge on any atom is -0.361 e. The van der Waals surface area contributed by atoms with Crippen molar-refractivity contribution in [2.45, 2.75) is 44.1 Å². The molecule has 4 heterocycles. The first-order chi connectivity index (χ1) is 13.0. The van der Waals surface area contributed by atoms with Crippen LogP contribution >= 0.6 is 0 Å². The Morgan fingerprint density at radius 2 is 1.93 bits per heavy atom. The van der Waals surface area contributed by atoms with Crippen LogP contribution in [-0.2, 0) is 4.79 Å². The van der Waals surface area contributed by atoms with Crippen LogP contribution in [0.15, 0.2) is 12.1 Å². The van der Waals surface area contributed by atoms with E-state index >= 15 is 0 Å². The largest absolute Gasteiger partial charge is 0.361 e. The second kappa shape index (κ2) is 7.42. The van der Waals surface area contributed by atoms with Gasteiger partial charge in [0.1, 0.15) is 5.82 Å². The molecule has 1 unspecified atom stereocenters. The van der Waals surface area contributed by atoms with Crippen molar-refractivity contribution in [2.24, 2.45) is 0 Å². The van der Waals surface area contributed by atoms with Crippen LogP contribution < -0.4 is 4.90 Å². The molecule has 2 saturated heterocycles. The number of likely N-dealkylation sites (tertiary alicyclic amines) is 2. The number of amides is 1. The number of fused-ring (bicyclic) bond motifs is 1. The van der Waals surface area contributed by atoms with Gasteiger partial charge in [-0.1, -0.05) is 0 Å². The fourth-order valence-corrected chi connectivity index (χ4v) is 4.24. The third-order valence-corrected chi connectivity index (χ3v) is 6.02. The second-order valence-corrected chi connectivity index (χ2v) is 8.04. The summed E-state index contributed by atoms with van der Waals surface area (Å²) < 4.78 is 1.91. The maximum atomic E-state index is 11.9. The van der Waals surface area contributed by atoms with Crippen molar-refractivity contribution in [3.63, 3.8) is 0 Å². The first-order valence-corrected chi connectivity index (χ1v) is 9.90. The Labute approximate surface area is 160 Å². The predicted octanol–water partition coefficient (Wildman–Crippen LogP) is 1.38. The molecule has 0 N–H and O–H groups in total. The minimum absolute atomic E-state index is 0.291. The zero-order chi connectivity index (χ0) is 19.0. The molecule has 2 aliphatic rings. The van der Waals surface area contributed by atoms with Crippen LogP contribution in [0.5, 0.6) is 0 Å². The average Bonchev–Trinajstić information content (AvgIpc) is 3.09. The maximum absolute atomic E-state index is 11.9. The van der Waals surface area contributed by atoms with Crippen molar-refractivity contribution >= 4 is 17.4 Å². The molecular weight excluding hydrogens is 342 g/mol. The molecule has 8 nitrogen and oxygen atoms in total. The molecule has 2 aromatic rings. The van der Waals surface area contributed by atoms with Gasteiger partial charge in [-0.3, -0.25) is 4.79 Å². The highest BCUT2D eigenvalue weighted by atomic mass is 16.2. The Balaban J connectivity index is 1.41. The van der Waals surface area contributed by atoms with Crippen LogP contribution in [0.25, 0.3) is 5.65 Å². The van der Waals surface area contributed by atoms with Crippen LogP contribution in [0.1, 0.15) is 43.8 Å². The number of aromatic nitrogens is 4. The summed E-state index contributed by atoms with van der Waals surface area (Å²) >= 11 is 0. The fourth-order valence-electron chi connectivity index (χ4n) is 4.24. The number of hydrogen-bond acceptors (Lipinski definition) is 6. The van der Waals surface area contributed by atoms with Gasteiger partial charge in [0.25, 0.3) is 0 Å². The molecule has 2 aromatic heterocycles. The lowest BCUT2D eigenvalue weighted by Crippen LogP contribution is -2.48. The van der Waals surface area contributed by atoms with Crippen molar-refractivity contribution in [3.05, 3.63) is 18.0 Å². The lowest BCUT2D eigenvalue weighted by molar-refractivity contribution is -0.135. The highest BCUT2D eigenvalue weighted by molar-refractivity contribution is 5.76. The molecule has 0 radical (unpaired) electrons. The molecule has 27 heavy (non-hydrogen) atoms. The third-order valence-electron chi connectivity index (χ3n) is 6.02. The van der Waals surface area contributed by atoms with Crippen LogP contribution in [0.4, 0.5) is 5.82 Å². The Bertz CT molecular complexity index is 809. The molecule has 2 aliphatic heterocycles. The zero-order valence-corrected chi connectivity index (χ0v) is 16.5. The standard InChI is InChI=1S/C19H29N7O/c1-23(2)17-8-7-16-20-21-19(26(16)22-17)14-9-11-25(12-10-14)13-15-5-4-6-18(27)24(15)3/h7-8,14-15H,4-6,9-13H2,1-3H3. The van der Waals surface area contributed by atoms with E-state index in [1.165, 1.54) is 0 Å². The SMILES string of the molecule is CN(C)c1ccc2nnc(C3CCN(CC4CCCC(=O)N4C)CC3)n2n1. The molecule has 2 fully saturated rings. The first kappa shape index (κ1) is 18.2. The number of nitrogens with zero attached hydrogens (tertiary/aromatic N) is 7. The zero-order valence-electron chi connectivity index (χ0n) is 16.5. The van der Waals surface area contributed by atoms with Crippen molar-refractivity contribution in [3.8, 4) is 0 Å². The summed E-state index contributed by atoms with van der Waals surface area (Å²) in [5, 5.41) is 13.4. The molecular formula is C19H29N7O. The van der Waals surface area contributed by atoms with Gasteiger partial charge in [-0.05, 0) is 50.9 Å². The van der Waals surface area contributed by atoms with Gasteiger partial charge in [-0.15, -0.1) is 15.3 Å². The Morgan fingerprint density at radius 3 is 2.67 bits per heavy atom. The number of likely N-dealkylation sites (N-methyl/N-ethyl adjacent to an activating group) is 1. The van der Waals surface area contributed by atoms with Crippen molar-refractivity contribution < 1.29 is 4.79 Å². The number of hydrogen-bond donors (Lipinski definition) is 0. The van der Waals surface area contributed by atoms with E-state index in [-0.39, 0.29) is 0 Å². The Morgan fingerprint density at radius 1 is 1.15 bits per heavy atom. The fraction of sp³-hybridized carbons (Fsp3) is 0.684.